The van der Waals surface area contributed by atoms with Crippen molar-refractivity contribution in [1.82, 2.24) is 0 Å². The maximum atomic E-state index is 15.3. The van der Waals surface area contributed by atoms with Crippen molar-refractivity contribution < 1.29 is 25.6 Å². The molecule has 0 aliphatic heterocycles. The third-order valence-electron chi connectivity index (χ3n) is 15.6. The van der Waals surface area contributed by atoms with Gasteiger partial charge in [0.1, 0.15) is 10.6 Å². The Bertz CT molecular complexity index is 2400. The van der Waals surface area contributed by atoms with Crippen LogP contribution in [0.25, 0.3) is 0 Å². The highest BCUT2D eigenvalue weighted by atomic mass is 32.2. The average molecular weight is 837 g/mol. The zero-order valence-corrected chi connectivity index (χ0v) is 36.1. The maximum Gasteiger partial charge on any atom is 0.339 e. The lowest BCUT2D eigenvalue weighted by atomic mass is 9.75. The van der Waals surface area contributed by atoms with Crippen LogP contribution in [0.2, 0.25) is 0 Å². The van der Waals surface area contributed by atoms with E-state index < -0.39 is 20.2 Å². The molecule has 6 fully saturated rings. The van der Waals surface area contributed by atoms with Crippen LogP contribution in [0.15, 0.2) is 98.4 Å². The van der Waals surface area contributed by atoms with Crippen LogP contribution in [0, 0.1) is 42.4 Å². The van der Waals surface area contributed by atoms with Gasteiger partial charge in [0, 0.05) is 9.79 Å². The van der Waals surface area contributed by atoms with Crippen molar-refractivity contribution in [2.24, 2.45) is 35.5 Å². The smallest absolute Gasteiger partial charge is 0.339 e. The molecule has 9 heteroatoms. The van der Waals surface area contributed by atoms with Gasteiger partial charge in [0.15, 0.2) is 0 Å². The Balaban J connectivity index is 1.04. The number of rotatable bonds is 12. The van der Waals surface area contributed by atoms with E-state index in [1.54, 1.807) is 24.8 Å². The van der Waals surface area contributed by atoms with Gasteiger partial charge in [-0.15, -0.1) is 0 Å². The van der Waals surface area contributed by atoms with Crippen molar-refractivity contribution in [1.29, 1.82) is 0 Å². The predicted molar refractivity (Wildman–Crippen MR) is 229 cm³/mol. The van der Waals surface area contributed by atoms with Gasteiger partial charge >= 0.3 is 10.1 Å². The van der Waals surface area contributed by atoms with E-state index in [9.17, 15) is 13.0 Å². The fourth-order valence-corrected chi connectivity index (χ4v) is 16.3. The normalized spacial score (nSPS) is 30.4. The predicted octanol–water partition coefficient (Wildman–Crippen LogP) is 12.2. The molecule has 10 rings (SSSR count). The lowest BCUT2D eigenvalue weighted by Gasteiger charge is -2.32. The van der Waals surface area contributed by atoms with Crippen LogP contribution in [0.5, 0.6) is 5.75 Å². The van der Waals surface area contributed by atoms with Crippen LogP contribution in [-0.4, -0.2) is 21.4 Å². The molecule has 0 radical (unpaired) electrons. The van der Waals surface area contributed by atoms with Crippen molar-refractivity contribution in [3.05, 3.63) is 112 Å². The number of aryl methyl sites for hydroxylation is 1. The van der Waals surface area contributed by atoms with E-state index in [2.05, 4.69) is 36.4 Å². The van der Waals surface area contributed by atoms with Crippen molar-refractivity contribution in [2.75, 3.05) is 0 Å². The van der Waals surface area contributed by atoms with Crippen molar-refractivity contribution in [3.63, 3.8) is 0 Å². The summed E-state index contributed by atoms with van der Waals surface area (Å²) in [4.78, 5) is 2.39. The standard InChI is InChI=1S/C49H56O6S3/c1-29(17-31-7-6-10-40(22-31)56-39-8-4-3-5-9-39)41-28-47(30(2)18-48(41)57(50,51)52)55-58(53,54)49-45(43-24-33-12-15-36(43)20-33)26-38(42-23-32-11-14-35(42)19-32)27-46(49)44-25-34-13-16-37(44)21-34/h3-10,18,22,26-29,32-37,42-44H,11-17,19-21,23-25H2,1-2H3,(H,50,51,52). The highest BCUT2D eigenvalue weighted by Gasteiger charge is 2.48. The van der Waals surface area contributed by atoms with Gasteiger partial charge in [0.05, 0.1) is 4.90 Å². The zero-order chi connectivity index (χ0) is 39.9. The minimum atomic E-state index is -4.63. The van der Waals surface area contributed by atoms with Crippen LogP contribution in [-0.2, 0) is 26.7 Å². The number of benzene rings is 4. The average Bonchev–Trinajstić information content (AvgIpc) is 4.08. The minimum Gasteiger partial charge on any atom is -0.379 e. The van der Waals surface area contributed by atoms with E-state index in [0.717, 1.165) is 58.1 Å². The van der Waals surface area contributed by atoms with E-state index >= 15 is 8.42 Å². The SMILES string of the molecule is Cc1cc(S(=O)(=O)O)c(C(C)Cc2cccc(Sc3ccccc3)c2)cc1OS(=O)(=O)c1c(C2CC3CCC2C3)cc(C2CC3CCC2C3)cc1C1CC2CCC1C2. The Kier molecular flexibility index (Phi) is 10.2. The van der Waals surface area contributed by atoms with Crippen molar-refractivity contribution in [3.8, 4) is 5.75 Å². The van der Waals surface area contributed by atoms with Gasteiger partial charge in [-0.3, -0.25) is 4.55 Å². The number of hydrogen-bond acceptors (Lipinski definition) is 6. The molecule has 6 aliphatic carbocycles. The molecule has 1 N–H and O–H groups in total. The van der Waals surface area contributed by atoms with Gasteiger partial charge < -0.3 is 4.18 Å². The molecule has 4 aromatic carbocycles. The first-order chi connectivity index (χ1) is 27.9. The summed E-state index contributed by atoms with van der Waals surface area (Å²) in [6, 6.07) is 25.9. The van der Waals surface area contributed by atoms with Gasteiger partial charge in [-0.05, 0) is 200 Å². The second kappa shape index (κ2) is 15.1. The van der Waals surface area contributed by atoms with E-state index in [1.807, 2.05) is 37.3 Å². The summed E-state index contributed by atoms with van der Waals surface area (Å²) in [6.07, 6.45) is 14.8. The Labute approximate surface area is 349 Å². The lowest BCUT2D eigenvalue weighted by molar-refractivity contribution is 0.392. The Morgan fingerprint density at radius 2 is 1.24 bits per heavy atom. The summed E-state index contributed by atoms with van der Waals surface area (Å²) >= 11 is 1.66. The van der Waals surface area contributed by atoms with Crippen molar-refractivity contribution in [2.45, 2.75) is 141 Å². The fraction of sp³-hybridized carbons (Fsp3) is 0.510. The zero-order valence-electron chi connectivity index (χ0n) is 33.7. The van der Waals surface area contributed by atoms with Gasteiger partial charge in [0.2, 0.25) is 0 Å². The van der Waals surface area contributed by atoms with E-state index in [1.165, 1.54) is 63.0 Å². The third-order valence-corrected chi connectivity index (χ3v) is 18.9. The van der Waals surface area contributed by atoms with Gasteiger partial charge in [0.25, 0.3) is 10.1 Å². The third kappa shape index (κ3) is 7.38. The summed E-state index contributed by atoms with van der Waals surface area (Å²) in [5.41, 5.74) is 5.07. The van der Waals surface area contributed by atoms with Crippen LogP contribution in [0.4, 0.5) is 0 Å². The largest absolute Gasteiger partial charge is 0.379 e. The van der Waals surface area contributed by atoms with Crippen LogP contribution >= 0.6 is 11.8 Å². The summed E-state index contributed by atoms with van der Waals surface area (Å²) in [6.45, 7) is 3.59. The summed E-state index contributed by atoms with van der Waals surface area (Å²) < 4.78 is 73.4. The fourth-order valence-electron chi connectivity index (χ4n) is 13.0. The molecular formula is C49H56O6S3. The lowest BCUT2D eigenvalue weighted by Crippen LogP contribution is -2.23. The summed E-state index contributed by atoms with van der Waals surface area (Å²) in [5.74, 6) is 4.44. The molecule has 0 spiro atoms. The van der Waals surface area contributed by atoms with Crippen LogP contribution in [0.1, 0.15) is 141 Å². The summed E-state index contributed by atoms with van der Waals surface area (Å²) in [5, 5.41) is 0. The molecule has 0 aromatic heterocycles. The molecule has 6 aliphatic rings. The molecule has 0 saturated heterocycles. The minimum absolute atomic E-state index is 0.123. The van der Waals surface area contributed by atoms with E-state index in [-0.39, 0.29) is 28.4 Å². The molecule has 6 saturated carbocycles. The molecular weight excluding hydrogens is 781 g/mol. The van der Waals surface area contributed by atoms with Gasteiger partial charge in [-0.25, -0.2) is 0 Å². The van der Waals surface area contributed by atoms with Crippen LogP contribution in [0.3, 0.4) is 0 Å². The van der Waals surface area contributed by atoms with Crippen molar-refractivity contribution >= 4 is 32.0 Å². The Morgan fingerprint density at radius 1 is 0.672 bits per heavy atom. The maximum absolute atomic E-state index is 15.3. The Morgan fingerprint density at radius 3 is 1.78 bits per heavy atom. The molecule has 0 heterocycles. The second-order valence-corrected chi connectivity index (χ2v) is 23.2. The van der Waals surface area contributed by atoms with E-state index in [0.29, 0.717) is 58.0 Å². The topological polar surface area (TPSA) is 97.7 Å². The molecule has 0 amide bonds. The van der Waals surface area contributed by atoms with Gasteiger partial charge in [-0.1, -0.05) is 80.4 Å². The number of fused-ring (bicyclic) bond motifs is 6. The quantitative estimate of drug-likeness (QED) is 0.112. The molecule has 10 atom stereocenters. The molecule has 4 aromatic rings. The highest BCUT2D eigenvalue weighted by Crippen LogP contribution is 2.60. The molecule has 6 nitrogen and oxygen atoms in total. The molecule has 58 heavy (non-hydrogen) atoms. The first-order valence-corrected chi connectivity index (χ1v) is 25.6. The van der Waals surface area contributed by atoms with E-state index in [4.69, 9.17) is 4.18 Å². The van der Waals surface area contributed by atoms with Crippen LogP contribution < -0.4 is 4.18 Å². The molecule has 306 valence electrons. The first kappa shape index (κ1) is 39.1. The molecule has 10 unspecified atom stereocenters. The monoisotopic (exact) mass is 836 g/mol. The summed E-state index contributed by atoms with van der Waals surface area (Å²) in [7, 11) is -8.98. The first-order valence-electron chi connectivity index (χ1n) is 21.9. The van der Waals surface area contributed by atoms with Gasteiger partial charge in [-0.2, -0.15) is 16.8 Å². The molecule has 6 bridgehead atoms. The second-order valence-electron chi connectivity index (χ2n) is 19.2. The highest BCUT2D eigenvalue weighted by molar-refractivity contribution is 7.99. The number of hydrogen-bond donors (Lipinski definition) is 1. The Hall–Kier alpha value is -3.11.